The quantitative estimate of drug-likeness (QED) is 0.0310. The molecule has 9 nitrogen and oxygen atoms in total. The molecule has 2 atom stereocenters. The summed E-state index contributed by atoms with van der Waals surface area (Å²) < 4.78 is 34.0. The predicted molar refractivity (Wildman–Crippen MR) is 188 cm³/mol. The van der Waals surface area contributed by atoms with E-state index in [9.17, 15) is 19.0 Å². The lowest BCUT2D eigenvalue weighted by atomic mass is 10.0. The number of hydrogen-bond donors (Lipinski definition) is 1. The van der Waals surface area contributed by atoms with Crippen molar-refractivity contribution in [1.82, 2.24) is 0 Å². The van der Waals surface area contributed by atoms with Gasteiger partial charge in [-0.1, -0.05) is 142 Å². The highest BCUT2D eigenvalue weighted by molar-refractivity contribution is 7.47. The molecule has 0 rings (SSSR count). The third-order valence-corrected chi connectivity index (χ3v) is 9.12. The van der Waals surface area contributed by atoms with Gasteiger partial charge in [0.05, 0.1) is 27.7 Å². The molecular formula is C36H73NO8P+. The number of carbonyl (C=O) groups excluding carboxylic acids is 2. The van der Waals surface area contributed by atoms with E-state index in [2.05, 4.69) is 13.8 Å². The smallest absolute Gasteiger partial charge is 0.462 e. The Kier molecular flexibility index (Phi) is 29.4. The van der Waals surface area contributed by atoms with Crippen molar-refractivity contribution in [2.75, 3.05) is 47.5 Å². The molecule has 0 aromatic rings. The van der Waals surface area contributed by atoms with Crippen LogP contribution >= 0.6 is 7.82 Å². The number of rotatable bonds is 34. The molecule has 0 saturated heterocycles. The molecule has 10 heteroatoms. The highest BCUT2D eigenvalue weighted by Gasteiger charge is 2.27. The van der Waals surface area contributed by atoms with E-state index in [4.69, 9.17) is 18.5 Å². The molecule has 1 N–H and O–H groups in total. The maximum Gasteiger partial charge on any atom is 0.472 e. The van der Waals surface area contributed by atoms with Gasteiger partial charge in [0, 0.05) is 12.8 Å². The molecular weight excluding hydrogens is 605 g/mol. The van der Waals surface area contributed by atoms with Crippen LogP contribution in [0.5, 0.6) is 0 Å². The summed E-state index contributed by atoms with van der Waals surface area (Å²) in [6.45, 7) is 4.38. The number of likely N-dealkylation sites (N-methyl/N-ethyl adjacent to an activating group) is 1. The van der Waals surface area contributed by atoms with Crippen LogP contribution in [0.15, 0.2) is 0 Å². The second-order valence-corrected chi connectivity index (χ2v) is 15.4. The van der Waals surface area contributed by atoms with Crippen molar-refractivity contribution in [1.29, 1.82) is 0 Å². The predicted octanol–water partition coefficient (Wildman–Crippen LogP) is 9.68. The normalized spacial score (nSPS) is 13.8. The molecule has 0 spiro atoms. The Morgan fingerprint density at radius 2 is 0.978 bits per heavy atom. The highest BCUT2D eigenvalue weighted by atomic mass is 31.2. The topological polar surface area (TPSA) is 108 Å². The molecule has 46 heavy (non-hydrogen) atoms. The fourth-order valence-corrected chi connectivity index (χ4v) is 5.87. The van der Waals surface area contributed by atoms with E-state index in [1.807, 2.05) is 21.1 Å². The second-order valence-electron chi connectivity index (χ2n) is 14.0. The fourth-order valence-electron chi connectivity index (χ4n) is 5.13. The van der Waals surface area contributed by atoms with E-state index in [0.29, 0.717) is 17.4 Å². The van der Waals surface area contributed by atoms with Crippen LogP contribution in [0.4, 0.5) is 0 Å². The Labute approximate surface area is 283 Å². The van der Waals surface area contributed by atoms with E-state index in [1.54, 1.807) is 0 Å². The Morgan fingerprint density at radius 1 is 0.587 bits per heavy atom. The first-order chi connectivity index (χ1) is 22.0. The number of hydrogen-bond acceptors (Lipinski definition) is 7. The average molecular weight is 679 g/mol. The van der Waals surface area contributed by atoms with Gasteiger partial charge in [0.25, 0.3) is 0 Å². The van der Waals surface area contributed by atoms with Crippen molar-refractivity contribution in [3.63, 3.8) is 0 Å². The summed E-state index contributed by atoms with van der Waals surface area (Å²) in [4.78, 5) is 35.0. The van der Waals surface area contributed by atoms with Crippen molar-refractivity contribution in [2.45, 2.75) is 174 Å². The van der Waals surface area contributed by atoms with Gasteiger partial charge in [-0.25, -0.2) is 4.57 Å². The van der Waals surface area contributed by atoms with Crippen molar-refractivity contribution in [3.05, 3.63) is 0 Å². The van der Waals surface area contributed by atoms with Crippen LogP contribution in [-0.2, 0) is 32.7 Å². The summed E-state index contributed by atoms with van der Waals surface area (Å²) in [6, 6.07) is 0. The summed E-state index contributed by atoms with van der Waals surface area (Å²) in [6.07, 6.45) is 25.9. The molecule has 0 saturated carbocycles. The second kappa shape index (κ2) is 30.1. The maximum atomic E-state index is 12.6. The molecule has 0 fully saturated rings. The number of unbranched alkanes of at least 4 members (excludes halogenated alkanes) is 20. The molecule has 274 valence electrons. The minimum absolute atomic E-state index is 0.0361. The number of esters is 2. The molecule has 0 aliphatic carbocycles. The lowest BCUT2D eigenvalue weighted by Gasteiger charge is -2.24. The molecule has 0 radical (unpaired) electrons. The zero-order valence-corrected chi connectivity index (χ0v) is 31.5. The summed E-state index contributed by atoms with van der Waals surface area (Å²) in [5.41, 5.74) is 0. The molecule has 0 aliphatic heterocycles. The van der Waals surface area contributed by atoms with Crippen LogP contribution in [0.25, 0.3) is 0 Å². The first-order valence-corrected chi connectivity index (χ1v) is 20.3. The molecule has 0 aliphatic rings. The van der Waals surface area contributed by atoms with Crippen LogP contribution < -0.4 is 0 Å². The van der Waals surface area contributed by atoms with E-state index in [0.717, 1.165) is 38.5 Å². The van der Waals surface area contributed by atoms with Gasteiger partial charge in [0.2, 0.25) is 0 Å². The van der Waals surface area contributed by atoms with Gasteiger partial charge in [-0.05, 0) is 12.8 Å². The van der Waals surface area contributed by atoms with Gasteiger partial charge in [-0.3, -0.25) is 18.6 Å². The minimum atomic E-state index is -4.35. The van der Waals surface area contributed by atoms with Crippen molar-refractivity contribution in [2.24, 2.45) is 0 Å². The monoisotopic (exact) mass is 679 g/mol. The number of phosphoric ester groups is 1. The van der Waals surface area contributed by atoms with Crippen molar-refractivity contribution in [3.8, 4) is 0 Å². The highest BCUT2D eigenvalue weighted by Crippen LogP contribution is 2.43. The zero-order chi connectivity index (χ0) is 34.4. The summed E-state index contributed by atoms with van der Waals surface area (Å²) in [7, 11) is 1.49. The van der Waals surface area contributed by atoms with Crippen LogP contribution in [0.1, 0.15) is 168 Å². The number of quaternary nitrogens is 1. The lowest BCUT2D eigenvalue weighted by molar-refractivity contribution is -0.870. The van der Waals surface area contributed by atoms with Crippen molar-refractivity contribution >= 4 is 19.8 Å². The van der Waals surface area contributed by atoms with Gasteiger partial charge in [0.1, 0.15) is 19.8 Å². The third-order valence-electron chi connectivity index (χ3n) is 8.14. The van der Waals surface area contributed by atoms with E-state index in [1.165, 1.54) is 103 Å². The molecule has 1 unspecified atom stereocenters. The number of ether oxygens (including phenoxy) is 2. The summed E-state index contributed by atoms with van der Waals surface area (Å²) >= 11 is 0. The zero-order valence-electron chi connectivity index (χ0n) is 30.6. The molecule has 0 aromatic heterocycles. The standard InChI is InChI=1S/C36H72NO8P/c1-6-8-10-12-14-15-16-17-18-19-20-21-23-25-27-29-36(39)45-34(33-44-46(40,41)43-31-30-37(3,4)5)32-42-35(38)28-26-24-22-13-11-9-7-2/h34H,6-33H2,1-5H3/p+1/t34-/m1/s1. The third kappa shape index (κ3) is 32.9. The average Bonchev–Trinajstić information content (AvgIpc) is 2.99. The van der Waals surface area contributed by atoms with Crippen molar-refractivity contribution < 1.29 is 42.1 Å². The number of phosphoric acid groups is 1. The van der Waals surface area contributed by atoms with Crippen LogP contribution in [-0.4, -0.2) is 74.9 Å². The first-order valence-electron chi connectivity index (χ1n) is 18.8. The maximum absolute atomic E-state index is 12.6. The molecule has 0 amide bonds. The van der Waals surface area contributed by atoms with Gasteiger partial charge >= 0.3 is 19.8 Å². The minimum Gasteiger partial charge on any atom is -0.462 e. The Balaban J connectivity index is 4.35. The van der Waals surface area contributed by atoms with Gasteiger partial charge in [0.15, 0.2) is 6.10 Å². The van der Waals surface area contributed by atoms with Crippen LogP contribution in [0.3, 0.4) is 0 Å². The number of nitrogens with zero attached hydrogens (tertiary/aromatic N) is 1. The number of carbonyl (C=O) groups is 2. The summed E-state index contributed by atoms with van der Waals surface area (Å²) in [5.74, 6) is -0.798. The van der Waals surface area contributed by atoms with E-state index in [-0.39, 0.29) is 25.6 Å². The van der Waals surface area contributed by atoms with Crippen LogP contribution in [0.2, 0.25) is 0 Å². The van der Waals surface area contributed by atoms with E-state index >= 15 is 0 Å². The molecule has 0 heterocycles. The molecule has 0 bridgehead atoms. The van der Waals surface area contributed by atoms with Gasteiger partial charge in [-0.15, -0.1) is 0 Å². The Morgan fingerprint density at radius 3 is 1.39 bits per heavy atom. The Bertz CT molecular complexity index is 774. The largest absolute Gasteiger partial charge is 0.472 e. The lowest BCUT2D eigenvalue weighted by Crippen LogP contribution is -2.37. The summed E-state index contributed by atoms with van der Waals surface area (Å²) in [5, 5.41) is 0. The van der Waals surface area contributed by atoms with Crippen LogP contribution in [0, 0.1) is 0 Å². The van der Waals surface area contributed by atoms with Gasteiger partial charge < -0.3 is 18.9 Å². The van der Waals surface area contributed by atoms with Gasteiger partial charge in [-0.2, -0.15) is 0 Å². The first kappa shape index (κ1) is 45.0. The SMILES string of the molecule is CCCCCCCCCCCCCCCCCC(=O)O[C@H](COC(=O)CCCCCCCCC)COP(=O)(O)OCC[N+](C)(C)C. The fraction of sp³-hybridized carbons (Fsp3) is 0.944. The Hall–Kier alpha value is -0.990. The molecule has 0 aromatic carbocycles. The van der Waals surface area contributed by atoms with E-state index < -0.39 is 26.5 Å².